The first-order valence-corrected chi connectivity index (χ1v) is 7.95. The molecule has 1 aromatic rings. The van der Waals surface area contributed by atoms with E-state index in [2.05, 4.69) is 12.2 Å². The minimum atomic E-state index is -0.326. The van der Waals surface area contributed by atoms with E-state index in [1.165, 1.54) is 5.56 Å². The Balaban J connectivity index is 1.95. The van der Waals surface area contributed by atoms with Crippen LogP contribution in [-0.4, -0.2) is 36.6 Å². The van der Waals surface area contributed by atoms with Crippen molar-refractivity contribution >= 4 is 17.7 Å². The molecule has 0 saturated carbocycles. The summed E-state index contributed by atoms with van der Waals surface area (Å²) in [6.07, 6.45) is 2.23. The lowest BCUT2D eigenvalue weighted by molar-refractivity contribution is -0.121. The molecule has 1 heterocycles. The molecule has 1 aliphatic heterocycles. The molecular formula is C17H24N2O3. The van der Waals surface area contributed by atoms with E-state index in [0.29, 0.717) is 19.7 Å². The molecule has 1 fully saturated rings. The molecule has 1 aliphatic rings. The van der Waals surface area contributed by atoms with Crippen molar-refractivity contribution in [2.75, 3.05) is 25.0 Å². The van der Waals surface area contributed by atoms with Gasteiger partial charge in [0.2, 0.25) is 5.91 Å². The zero-order valence-corrected chi connectivity index (χ0v) is 13.3. The number of benzene rings is 1. The molecule has 1 unspecified atom stereocenters. The summed E-state index contributed by atoms with van der Waals surface area (Å²) in [6.45, 7) is 5.31. The first-order chi connectivity index (χ1) is 10.6. The minimum absolute atomic E-state index is 0.0257. The van der Waals surface area contributed by atoms with Crippen LogP contribution in [0, 0.1) is 5.92 Å². The van der Waals surface area contributed by atoms with Crippen LogP contribution in [0.4, 0.5) is 10.5 Å². The van der Waals surface area contributed by atoms with Gasteiger partial charge >= 0.3 is 6.09 Å². The SMILES string of the molecule is CCOC(=O)N1CCCC(C(=O)Nc2cccc(CC)c2)C1. The van der Waals surface area contributed by atoms with Gasteiger partial charge in [-0.15, -0.1) is 0 Å². The summed E-state index contributed by atoms with van der Waals surface area (Å²) < 4.78 is 5.01. The molecule has 22 heavy (non-hydrogen) atoms. The largest absolute Gasteiger partial charge is 0.450 e. The van der Waals surface area contributed by atoms with Crippen molar-refractivity contribution in [3.63, 3.8) is 0 Å². The molecule has 2 rings (SSSR count). The molecule has 2 amide bonds. The third-order valence-corrected chi connectivity index (χ3v) is 3.92. The van der Waals surface area contributed by atoms with Crippen LogP contribution in [0.15, 0.2) is 24.3 Å². The zero-order chi connectivity index (χ0) is 15.9. The van der Waals surface area contributed by atoms with E-state index in [0.717, 1.165) is 24.9 Å². The van der Waals surface area contributed by atoms with Gasteiger partial charge in [-0.2, -0.15) is 0 Å². The predicted molar refractivity (Wildman–Crippen MR) is 85.8 cm³/mol. The fourth-order valence-electron chi connectivity index (χ4n) is 2.69. The highest BCUT2D eigenvalue weighted by atomic mass is 16.6. The number of hydrogen-bond donors (Lipinski definition) is 1. The highest BCUT2D eigenvalue weighted by Gasteiger charge is 2.29. The average Bonchev–Trinajstić information content (AvgIpc) is 2.55. The number of likely N-dealkylation sites (tertiary alicyclic amines) is 1. The van der Waals surface area contributed by atoms with Gasteiger partial charge in [0.25, 0.3) is 0 Å². The van der Waals surface area contributed by atoms with E-state index in [1.807, 2.05) is 24.3 Å². The lowest BCUT2D eigenvalue weighted by Crippen LogP contribution is -2.44. The Labute approximate surface area is 131 Å². The van der Waals surface area contributed by atoms with Crippen LogP contribution in [0.3, 0.4) is 0 Å². The maximum atomic E-state index is 12.4. The first kappa shape index (κ1) is 16.3. The monoisotopic (exact) mass is 304 g/mol. The third kappa shape index (κ3) is 4.23. The second kappa shape index (κ2) is 7.82. The van der Waals surface area contributed by atoms with Crippen LogP contribution in [-0.2, 0) is 16.0 Å². The topological polar surface area (TPSA) is 58.6 Å². The van der Waals surface area contributed by atoms with Gasteiger partial charge in [0.15, 0.2) is 0 Å². The summed E-state index contributed by atoms with van der Waals surface area (Å²) in [7, 11) is 0. The average molecular weight is 304 g/mol. The van der Waals surface area contributed by atoms with Crippen LogP contribution >= 0.6 is 0 Å². The van der Waals surface area contributed by atoms with E-state index < -0.39 is 0 Å². The molecule has 1 saturated heterocycles. The summed E-state index contributed by atoms with van der Waals surface area (Å²) >= 11 is 0. The second-order valence-corrected chi connectivity index (χ2v) is 5.53. The number of rotatable bonds is 4. The fourth-order valence-corrected chi connectivity index (χ4v) is 2.69. The Morgan fingerprint density at radius 2 is 2.18 bits per heavy atom. The number of ether oxygens (including phenoxy) is 1. The van der Waals surface area contributed by atoms with Gasteiger partial charge in [-0.25, -0.2) is 4.79 Å². The summed E-state index contributed by atoms with van der Waals surface area (Å²) in [6, 6.07) is 7.87. The molecule has 120 valence electrons. The van der Waals surface area contributed by atoms with Gasteiger partial charge in [0, 0.05) is 18.8 Å². The Bertz CT molecular complexity index is 530. The van der Waals surface area contributed by atoms with Crippen molar-refractivity contribution in [3.8, 4) is 0 Å². The molecule has 1 atom stereocenters. The van der Waals surface area contributed by atoms with Crippen LogP contribution in [0.5, 0.6) is 0 Å². The van der Waals surface area contributed by atoms with E-state index >= 15 is 0 Å². The number of hydrogen-bond acceptors (Lipinski definition) is 3. The Morgan fingerprint density at radius 1 is 1.36 bits per heavy atom. The summed E-state index contributed by atoms with van der Waals surface area (Å²) in [5, 5.41) is 2.96. The van der Waals surface area contributed by atoms with Crippen molar-refractivity contribution in [2.24, 2.45) is 5.92 Å². The smallest absolute Gasteiger partial charge is 0.409 e. The van der Waals surface area contributed by atoms with Gasteiger partial charge in [-0.05, 0) is 43.9 Å². The van der Waals surface area contributed by atoms with Gasteiger partial charge in [-0.1, -0.05) is 19.1 Å². The van der Waals surface area contributed by atoms with E-state index in [4.69, 9.17) is 4.74 Å². The van der Waals surface area contributed by atoms with Gasteiger partial charge in [0.05, 0.1) is 12.5 Å². The Kier molecular flexibility index (Phi) is 5.81. The highest BCUT2D eigenvalue weighted by Crippen LogP contribution is 2.20. The van der Waals surface area contributed by atoms with Crippen molar-refractivity contribution in [3.05, 3.63) is 29.8 Å². The molecule has 0 aromatic heterocycles. The normalized spacial score (nSPS) is 17.9. The zero-order valence-electron chi connectivity index (χ0n) is 13.3. The number of piperidine rings is 1. The summed E-state index contributed by atoms with van der Waals surface area (Å²) in [5.74, 6) is -0.203. The predicted octanol–water partition coefficient (Wildman–Crippen LogP) is 3.06. The third-order valence-electron chi connectivity index (χ3n) is 3.92. The number of amides is 2. The maximum absolute atomic E-state index is 12.4. The fraction of sp³-hybridized carbons (Fsp3) is 0.529. The van der Waals surface area contributed by atoms with E-state index in [9.17, 15) is 9.59 Å². The molecular weight excluding hydrogens is 280 g/mol. The van der Waals surface area contributed by atoms with Crippen LogP contribution in [0.1, 0.15) is 32.3 Å². The minimum Gasteiger partial charge on any atom is -0.450 e. The Morgan fingerprint density at radius 3 is 2.91 bits per heavy atom. The van der Waals surface area contributed by atoms with Crippen LogP contribution in [0.25, 0.3) is 0 Å². The first-order valence-electron chi connectivity index (χ1n) is 7.95. The highest BCUT2D eigenvalue weighted by molar-refractivity contribution is 5.93. The number of nitrogens with zero attached hydrogens (tertiary/aromatic N) is 1. The molecule has 1 aromatic carbocycles. The number of carbonyl (C=O) groups excluding carboxylic acids is 2. The van der Waals surface area contributed by atoms with Crippen molar-refractivity contribution < 1.29 is 14.3 Å². The molecule has 1 N–H and O–H groups in total. The molecule has 0 aliphatic carbocycles. The van der Waals surface area contributed by atoms with Crippen molar-refractivity contribution in [1.29, 1.82) is 0 Å². The molecule has 5 nitrogen and oxygen atoms in total. The maximum Gasteiger partial charge on any atom is 0.409 e. The van der Waals surface area contributed by atoms with E-state index in [1.54, 1.807) is 11.8 Å². The lowest BCUT2D eigenvalue weighted by Gasteiger charge is -2.31. The molecule has 5 heteroatoms. The van der Waals surface area contributed by atoms with Gasteiger partial charge in [-0.3, -0.25) is 4.79 Å². The number of carbonyl (C=O) groups is 2. The van der Waals surface area contributed by atoms with Crippen molar-refractivity contribution in [1.82, 2.24) is 4.90 Å². The van der Waals surface area contributed by atoms with Gasteiger partial charge in [0.1, 0.15) is 0 Å². The molecule has 0 radical (unpaired) electrons. The van der Waals surface area contributed by atoms with Crippen LogP contribution < -0.4 is 5.32 Å². The quantitative estimate of drug-likeness (QED) is 0.930. The summed E-state index contributed by atoms with van der Waals surface area (Å²) in [4.78, 5) is 25.8. The van der Waals surface area contributed by atoms with Crippen LogP contribution in [0.2, 0.25) is 0 Å². The number of nitrogens with one attached hydrogen (secondary N) is 1. The Hall–Kier alpha value is -2.04. The molecule has 0 bridgehead atoms. The van der Waals surface area contributed by atoms with E-state index in [-0.39, 0.29) is 17.9 Å². The molecule has 0 spiro atoms. The van der Waals surface area contributed by atoms with Crippen molar-refractivity contribution in [2.45, 2.75) is 33.1 Å². The summed E-state index contributed by atoms with van der Waals surface area (Å²) in [5.41, 5.74) is 2.01. The second-order valence-electron chi connectivity index (χ2n) is 5.53. The number of aryl methyl sites for hydroxylation is 1. The lowest BCUT2D eigenvalue weighted by atomic mass is 9.97. The number of anilines is 1. The van der Waals surface area contributed by atoms with Gasteiger partial charge < -0.3 is 15.0 Å². The standard InChI is InChI=1S/C17H24N2O3/c1-3-13-7-5-9-15(11-13)18-16(20)14-8-6-10-19(12-14)17(21)22-4-2/h5,7,9,11,14H,3-4,6,8,10,12H2,1-2H3,(H,18,20).